The highest BCUT2D eigenvalue weighted by Crippen LogP contribution is 2.32. The third-order valence-corrected chi connectivity index (χ3v) is 2.92. The molecule has 78 valence electrons. The summed E-state index contributed by atoms with van der Waals surface area (Å²) in [5, 5.41) is 12.9. The van der Waals surface area contributed by atoms with Crippen LogP contribution in [0.15, 0.2) is 42.6 Å². The first-order chi connectivity index (χ1) is 7.77. The van der Waals surface area contributed by atoms with Crippen LogP contribution in [-0.2, 0) is 0 Å². The normalized spacial score (nSPS) is 11.1. The number of fused-ring (bicyclic) bond motifs is 3. The zero-order valence-corrected chi connectivity index (χ0v) is 8.94. The zero-order valence-electron chi connectivity index (χ0n) is 8.94. The van der Waals surface area contributed by atoms with Gasteiger partial charge in [-0.05, 0) is 36.1 Å². The molecule has 0 atom stereocenters. The average molecular weight is 209 g/mol. The van der Waals surface area contributed by atoms with Crippen molar-refractivity contribution < 1.29 is 5.11 Å². The molecule has 2 aromatic carbocycles. The topological polar surface area (TPSA) is 33.1 Å². The summed E-state index contributed by atoms with van der Waals surface area (Å²) < 4.78 is 0. The molecule has 1 heterocycles. The summed E-state index contributed by atoms with van der Waals surface area (Å²) in [6, 6.07) is 11.6. The van der Waals surface area contributed by atoms with E-state index in [1.165, 1.54) is 0 Å². The molecule has 0 spiro atoms. The number of aryl methyl sites for hydroxylation is 1. The van der Waals surface area contributed by atoms with Gasteiger partial charge in [-0.3, -0.25) is 4.98 Å². The first kappa shape index (κ1) is 9.16. The van der Waals surface area contributed by atoms with Crippen LogP contribution in [-0.4, -0.2) is 10.1 Å². The Balaban J connectivity index is 2.67. The number of aromatic nitrogens is 1. The number of hydrogen-bond acceptors (Lipinski definition) is 2. The Morgan fingerprint density at radius 1 is 1.12 bits per heavy atom. The molecular formula is C14H11NO. The van der Waals surface area contributed by atoms with Crippen molar-refractivity contribution in [1.82, 2.24) is 4.98 Å². The standard InChI is InChI=1S/C14H11NO/c1-9-8-10-4-3-7-15-14(10)13-11(9)5-2-6-12(13)16/h2-8,16H,1H3. The molecule has 0 aliphatic rings. The van der Waals surface area contributed by atoms with Gasteiger partial charge in [0, 0.05) is 11.6 Å². The minimum atomic E-state index is 0.296. The lowest BCUT2D eigenvalue weighted by molar-refractivity contribution is 0.482. The van der Waals surface area contributed by atoms with Crippen molar-refractivity contribution in [2.45, 2.75) is 6.92 Å². The van der Waals surface area contributed by atoms with Crippen molar-refractivity contribution in [3.63, 3.8) is 0 Å². The number of benzene rings is 2. The first-order valence-corrected chi connectivity index (χ1v) is 5.23. The van der Waals surface area contributed by atoms with Crippen LogP contribution in [0.25, 0.3) is 21.7 Å². The number of aromatic hydroxyl groups is 1. The summed E-state index contributed by atoms with van der Waals surface area (Å²) in [5.74, 6) is 0.296. The van der Waals surface area contributed by atoms with E-state index < -0.39 is 0 Å². The monoisotopic (exact) mass is 209 g/mol. The molecule has 0 fully saturated rings. The van der Waals surface area contributed by atoms with Gasteiger partial charge in [0.25, 0.3) is 0 Å². The second-order valence-corrected chi connectivity index (χ2v) is 3.97. The molecule has 2 nitrogen and oxygen atoms in total. The fourth-order valence-corrected chi connectivity index (χ4v) is 2.17. The van der Waals surface area contributed by atoms with E-state index in [0.717, 1.165) is 27.2 Å². The quantitative estimate of drug-likeness (QED) is 0.575. The van der Waals surface area contributed by atoms with Crippen molar-refractivity contribution in [3.05, 3.63) is 48.2 Å². The Hall–Kier alpha value is -2.09. The van der Waals surface area contributed by atoms with Gasteiger partial charge in [-0.1, -0.05) is 18.2 Å². The second-order valence-electron chi connectivity index (χ2n) is 3.97. The van der Waals surface area contributed by atoms with E-state index in [-0.39, 0.29) is 0 Å². The molecule has 0 bridgehead atoms. The Kier molecular flexibility index (Phi) is 1.83. The van der Waals surface area contributed by atoms with E-state index in [1.54, 1.807) is 12.3 Å². The van der Waals surface area contributed by atoms with Crippen LogP contribution in [0.1, 0.15) is 5.56 Å². The molecule has 0 radical (unpaired) electrons. The Bertz CT molecular complexity index is 689. The van der Waals surface area contributed by atoms with E-state index in [9.17, 15) is 5.11 Å². The molecule has 1 N–H and O–H groups in total. The first-order valence-electron chi connectivity index (χ1n) is 5.23. The van der Waals surface area contributed by atoms with E-state index in [0.29, 0.717) is 5.75 Å². The molecule has 0 saturated heterocycles. The highest BCUT2D eigenvalue weighted by Gasteiger charge is 2.07. The van der Waals surface area contributed by atoms with Gasteiger partial charge in [0.2, 0.25) is 0 Å². The Morgan fingerprint density at radius 2 is 2.00 bits per heavy atom. The van der Waals surface area contributed by atoms with Crippen LogP contribution in [0.2, 0.25) is 0 Å². The second kappa shape index (κ2) is 3.20. The zero-order chi connectivity index (χ0) is 11.1. The molecule has 0 unspecified atom stereocenters. The summed E-state index contributed by atoms with van der Waals surface area (Å²) >= 11 is 0. The third-order valence-electron chi connectivity index (χ3n) is 2.92. The fourth-order valence-electron chi connectivity index (χ4n) is 2.17. The predicted octanol–water partition coefficient (Wildman–Crippen LogP) is 3.40. The van der Waals surface area contributed by atoms with Gasteiger partial charge in [-0.2, -0.15) is 0 Å². The molecule has 0 amide bonds. The number of hydrogen-bond donors (Lipinski definition) is 1. The summed E-state index contributed by atoms with van der Waals surface area (Å²) in [4.78, 5) is 4.35. The molecule has 1 aromatic heterocycles. The fraction of sp³-hybridized carbons (Fsp3) is 0.0714. The van der Waals surface area contributed by atoms with Gasteiger partial charge >= 0.3 is 0 Å². The maximum absolute atomic E-state index is 9.95. The van der Waals surface area contributed by atoms with E-state index in [1.807, 2.05) is 31.2 Å². The van der Waals surface area contributed by atoms with Crippen molar-refractivity contribution in [1.29, 1.82) is 0 Å². The Labute approximate surface area is 93.2 Å². The van der Waals surface area contributed by atoms with Crippen LogP contribution in [0.5, 0.6) is 5.75 Å². The lowest BCUT2D eigenvalue weighted by atomic mass is 10.0. The lowest BCUT2D eigenvalue weighted by Crippen LogP contribution is -1.85. The minimum absolute atomic E-state index is 0.296. The van der Waals surface area contributed by atoms with Gasteiger partial charge in [0.15, 0.2) is 0 Å². The van der Waals surface area contributed by atoms with E-state index in [4.69, 9.17) is 0 Å². The molecule has 2 heteroatoms. The van der Waals surface area contributed by atoms with Gasteiger partial charge in [0.05, 0.1) is 10.9 Å². The number of nitrogens with zero attached hydrogens (tertiary/aromatic N) is 1. The smallest absolute Gasteiger partial charge is 0.125 e. The minimum Gasteiger partial charge on any atom is -0.507 e. The maximum Gasteiger partial charge on any atom is 0.125 e. The van der Waals surface area contributed by atoms with E-state index >= 15 is 0 Å². The molecule has 0 saturated carbocycles. The van der Waals surface area contributed by atoms with Gasteiger partial charge in [-0.15, -0.1) is 0 Å². The van der Waals surface area contributed by atoms with Crippen molar-refractivity contribution >= 4 is 21.7 Å². The number of phenols is 1. The SMILES string of the molecule is Cc1cc2cccnc2c2c(O)cccc12. The maximum atomic E-state index is 9.95. The summed E-state index contributed by atoms with van der Waals surface area (Å²) in [7, 11) is 0. The van der Waals surface area contributed by atoms with Crippen LogP contribution >= 0.6 is 0 Å². The van der Waals surface area contributed by atoms with Crippen LogP contribution in [0.4, 0.5) is 0 Å². The van der Waals surface area contributed by atoms with Gasteiger partial charge in [-0.25, -0.2) is 0 Å². The lowest BCUT2D eigenvalue weighted by Gasteiger charge is -2.07. The third kappa shape index (κ3) is 1.16. The summed E-state index contributed by atoms with van der Waals surface area (Å²) in [6.07, 6.45) is 1.75. The van der Waals surface area contributed by atoms with Gasteiger partial charge in [0.1, 0.15) is 5.75 Å². The highest BCUT2D eigenvalue weighted by atomic mass is 16.3. The van der Waals surface area contributed by atoms with Crippen molar-refractivity contribution in [2.24, 2.45) is 0 Å². The summed E-state index contributed by atoms with van der Waals surface area (Å²) in [5.41, 5.74) is 2.02. The Morgan fingerprint density at radius 3 is 2.88 bits per heavy atom. The average Bonchev–Trinajstić information content (AvgIpc) is 2.30. The largest absolute Gasteiger partial charge is 0.507 e. The van der Waals surface area contributed by atoms with Gasteiger partial charge < -0.3 is 5.11 Å². The van der Waals surface area contributed by atoms with Crippen molar-refractivity contribution in [2.75, 3.05) is 0 Å². The molecule has 16 heavy (non-hydrogen) atoms. The predicted molar refractivity (Wildman–Crippen MR) is 65.7 cm³/mol. The number of rotatable bonds is 0. The number of pyridine rings is 1. The molecule has 0 aliphatic carbocycles. The summed E-state index contributed by atoms with van der Waals surface area (Å²) in [6.45, 7) is 2.05. The molecular weight excluding hydrogens is 198 g/mol. The van der Waals surface area contributed by atoms with E-state index in [2.05, 4.69) is 11.1 Å². The van der Waals surface area contributed by atoms with Crippen LogP contribution in [0.3, 0.4) is 0 Å². The molecule has 3 aromatic rings. The molecule has 0 aliphatic heterocycles. The number of phenolic OH excluding ortho intramolecular Hbond substituents is 1. The van der Waals surface area contributed by atoms with Crippen molar-refractivity contribution in [3.8, 4) is 5.75 Å². The highest BCUT2D eigenvalue weighted by molar-refractivity contribution is 6.09. The van der Waals surface area contributed by atoms with Crippen LogP contribution < -0.4 is 0 Å². The molecule has 3 rings (SSSR count). The van der Waals surface area contributed by atoms with Crippen LogP contribution in [0, 0.1) is 6.92 Å².